The summed E-state index contributed by atoms with van der Waals surface area (Å²) >= 11 is 0. The zero-order valence-corrected chi connectivity index (χ0v) is 12.9. The molecule has 5 heteroatoms. The number of ether oxygens (including phenoxy) is 2. The van der Waals surface area contributed by atoms with Crippen molar-refractivity contribution in [3.63, 3.8) is 0 Å². The quantitative estimate of drug-likeness (QED) is 0.888. The second-order valence-corrected chi connectivity index (χ2v) is 5.77. The number of aliphatic hydroxyl groups is 1. The van der Waals surface area contributed by atoms with Gasteiger partial charge in [0.25, 0.3) is 0 Å². The normalized spacial score (nSPS) is 16.3. The van der Waals surface area contributed by atoms with Crippen LogP contribution in [0.15, 0.2) is 34.7 Å². The van der Waals surface area contributed by atoms with Crippen molar-refractivity contribution < 1.29 is 19.0 Å². The predicted octanol–water partition coefficient (Wildman–Crippen LogP) is 2.36. The Bertz CT molecular complexity index is 648. The molecule has 2 aromatic rings. The van der Waals surface area contributed by atoms with Crippen molar-refractivity contribution in [2.75, 3.05) is 19.8 Å². The Morgan fingerprint density at radius 2 is 1.91 bits per heavy atom. The van der Waals surface area contributed by atoms with Crippen LogP contribution >= 0.6 is 0 Å². The lowest BCUT2D eigenvalue weighted by Gasteiger charge is -2.22. The molecule has 0 fully saturated rings. The SMILES string of the molecule is Cc1ccc(C(C)(O)CNCc2ccc3c(c2)OCCO3)o1. The molecule has 0 bridgehead atoms. The topological polar surface area (TPSA) is 63.9 Å². The third kappa shape index (κ3) is 3.26. The van der Waals surface area contributed by atoms with Gasteiger partial charge in [0.2, 0.25) is 0 Å². The molecule has 22 heavy (non-hydrogen) atoms. The number of rotatable bonds is 5. The highest BCUT2D eigenvalue weighted by Gasteiger charge is 2.26. The minimum absolute atomic E-state index is 0.397. The highest BCUT2D eigenvalue weighted by atomic mass is 16.6. The Morgan fingerprint density at radius 1 is 1.14 bits per heavy atom. The van der Waals surface area contributed by atoms with Gasteiger partial charge in [-0.1, -0.05) is 6.07 Å². The molecule has 2 N–H and O–H groups in total. The molecule has 1 aliphatic heterocycles. The number of hydrogen-bond acceptors (Lipinski definition) is 5. The van der Waals surface area contributed by atoms with Gasteiger partial charge in [0.05, 0.1) is 0 Å². The minimum Gasteiger partial charge on any atom is -0.486 e. The first-order valence-electron chi connectivity index (χ1n) is 7.43. The molecule has 2 heterocycles. The fourth-order valence-corrected chi connectivity index (χ4v) is 2.46. The zero-order chi connectivity index (χ0) is 15.6. The lowest BCUT2D eigenvalue weighted by Crippen LogP contribution is -2.34. The summed E-state index contributed by atoms with van der Waals surface area (Å²) in [6.07, 6.45) is 0. The van der Waals surface area contributed by atoms with Crippen LogP contribution in [-0.2, 0) is 12.1 Å². The highest BCUT2D eigenvalue weighted by molar-refractivity contribution is 5.43. The first kappa shape index (κ1) is 14.9. The van der Waals surface area contributed by atoms with E-state index in [1.165, 1.54) is 0 Å². The van der Waals surface area contributed by atoms with Gasteiger partial charge < -0.3 is 24.3 Å². The van der Waals surface area contributed by atoms with E-state index < -0.39 is 5.60 Å². The molecule has 0 amide bonds. The van der Waals surface area contributed by atoms with Gasteiger partial charge in [-0.25, -0.2) is 0 Å². The Labute approximate surface area is 129 Å². The molecular weight excluding hydrogens is 282 g/mol. The van der Waals surface area contributed by atoms with E-state index in [1.54, 1.807) is 13.0 Å². The second kappa shape index (κ2) is 6.02. The molecule has 118 valence electrons. The van der Waals surface area contributed by atoms with Crippen LogP contribution in [-0.4, -0.2) is 24.9 Å². The van der Waals surface area contributed by atoms with E-state index in [2.05, 4.69) is 5.32 Å². The van der Waals surface area contributed by atoms with E-state index in [0.29, 0.717) is 32.1 Å². The first-order valence-corrected chi connectivity index (χ1v) is 7.43. The molecule has 0 radical (unpaired) electrons. The molecule has 1 atom stereocenters. The number of furan rings is 1. The summed E-state index contributed by atoms with van der Waals surface area (Å²) in [4.78, 5) is 0. The molecule has 1 aromatic carbocycles. The van der Waals surface area contributed by atoms with E-state index >= 15 is 0 Å². The van der Waals surface area contributed by atoms with Crippen LogP contribution in [0.1, 0.15) is 24.0 Å². The number of hydrogen-bond donors (Lipinski definition) is 2. The average molecular weight is 303 g/mol. The molecule has 5 nitrogen and oxygen atoms in total. The van der Waals surface area contributed by atoms with Gasteiger partial charge in [-0.15, -0.1) is 0 Å². The average Bonchev–Trinajstić information content (AvgIpc) is 2.94. The van der Waals surface area contributed by atoms with E-state index in [0.717, 1.165) is 22.8 Å². The summed E-state index contributed by atoms with van der Waals surface area (Å²) in [7, 11) is 0. The van der Waals surface area contributed by atoms with Crippen molar-refractivity contribution in [2.24, 2.45) is 0 Å². The molecule has 1 unspecified atom stereocenters. The summed E-state index contributed by atoms with van der Waals surface area (Å²) < 4.78 is 16.6. The Hall–Kier alpha value is -1.98. The lowest BCUT2D eigenvalue weighted by atomic mass is 10.0. The largest absolute Gasteiger partial charge is 0.486 e. The maximum Gasteiger partial charge on any atom is 0.161 e. The fraction of sp³-hybridized carbons (Fsp3) is 0.412. The second-order valence-electron chi connectivity index (χ2n) is 5.77. The molecule has 3 rings (SSSR count). The summed E-state index contributed by atoms with van der Waals surface area (Å²) in [5, 5.41) is 13.7. The van der Waals surface area contributed by atoms with Gasteiger partial charge in [-0.05, 0) is 43.7 Å². The number of aryl methyl sites for hydroxylation is 1. The maximum atomic E-state index is 10.5. The monoisotopic (exact) mass is 303 g/mol. The van der Waals surface area contributed by atoms with E-state index in [-0.39, 0.29) is 0 Å². The fourth-order valence-electron chi connectivity index (χ4n) is 2.46. The number of benzene rings is 1. The number of fused-ring (bicyclic) bond motifs is 1. The summed E-state index contributed by atoms with van der Waals surface area (Å²) in [5.74, 6) is 2.92. The van der Waals surface area contributed by atoms with Crippen molar-refractivity contribution in [1.29, 1.82) is 0 Å². The summed E-state index contributed by atoms with van der Waals surface area (Å²) in [6, 6.07) is 9.53. The van der Waals surface area contributed by atoms with Crippen molar-refractivity contribution in [1.82, 2.24) is 5.32 Å². The Kier molecular flexibility index (Phi) is 4.09. The van der Waals surface area contributed by atoms with Crippen molar-refractivity contribution in [3.05, 3.63) is 47.4 Å². The van der Waals surface area contributed by atoms with Crippen LogP contribution in [0, 0.1) is 6.92 Å². The van der Waals surface area contributed by atoms with Crippen molar-refractivity contribution in [3.8, 4) is 11.5 Å². The molecule has 0 aliphatic carbocycles. The standard InChI is InChI=1S/C17H21NO4/c1-12-3-6-16(22-12)17(2,19)11-18-10-13-4-5-14-15(9-13)21-8-7-20-14/h3-6,9,18-19H,7-8,10-11H2,1-2H3. The molecular formula is C17H21NO4. The third-order valence-corrected chi connectivity index (χ3v) is 3.68. The first-order chi connectivity index (χ1) is 10.5. The van der Waals surface area contributed by atoms with Crippen molar-refractivity contribution in [2.45, 2.75) is 26.0 Å². The Balaban J connectivity index is 1.58. The van der Waals surface area contributed by atoms with E-state index in [1.807, 2.05) is 31.2 Å². The van der Waals surface area contributed by atoms with E-state index in [4.69, 9.17) is 13.9 Å². The number of nitrogens with one attached hydrogen (secondary N) is 1. The molecule has 0 spiro atoms. The van der Waals surface area contributed by atoms with Crippen LogP contribution in [0.3, 0.4) is 0 Å². The third-order valence-electron chi connectivity index (χ3n) is 3.68. The lowest BCUT2D eigenvalue weighted by molar-refractivity contribution is 0.0332. The highest BCUT2D eigenvalue weighted by Crippen LogP contribution is 2.30. The van der Waals surface area contributed by atoms with Gasteiger partial charge in [-0.2, -0.15) is 0 Å². The smallest absolute Gasteiger partial charge is 0.161 e. The maximum absolute atomic E-state index is 10.5. The van der Waals surface area contributed by atoms with Crippen LogP contribution < -0.4 is 14.8 Å². The van der Waals surface area contributed by atoms with Gasteiger partial charge in [-0.3, -0.25) is 0 Å². The van der Waals surface area contributed by atoms with Gasteiger partial charge in [0.1, 0.15) is 30.3 Å². The van der Waals surface area contributed by atoms with E-state index in [9.17, 15) is 5.11 Å². The van der Waals surface area contributed by atoms with Crippen LogP contribution in [0.5, 0.6) is 11.5 Å². The van der Waals surface area contributed by atoms with Crippen LogP contribution in [0.2, 0.25) is 0 Å². The van der Waals surface area contributed by atoms with Gasteiger partial charge >= 0.3 is 0 Å². The van der Waals surface area contributed by atoms with Gasteiger partial charge in [0.15, 0.2) is 11.5 Å². The summed E-state index contributed by atoms with van der Waals surface area (Å²) in [5.41, 5.74) is 0.0397. The molecule has 1 aromatic heterocycles. The zero-order valence-electron chi connectivity index (χ0n) is 12.9. The van der Waals surface area contributed by atoms with Gasteiger partial charge in [0, 0.05) is 13.1 Å². The van der Waals surface area contributed by atoms with Crippen molar-refractivity contribution >= 4 is 0 Å². The molecule has 0 saturated heterocycles. The summed E-state index contributed by atoms with van der Waals surface area (Å²) in [6.45, 7) is 5.80. The van der Waals surface area contributed by atoms with Crippen LogP contribution in [0.4, 0.5) is 0 Å². The molecule has 0 saturated carbocycles. The predicted molar refractivity (Wildman–Crippen MR) is 82.2 cm³/mol. The van der Waals surface area contributed by atoms with Crippen LogP contribution in [0.25, 0.3) is 0 Å². The Morgan fingerprint density at radius 3 is 2.64 bits per heavy atom. The molecule has 1 aliphatic rings. The minimum atomic E-state index is -1.04.